The van der Waals surface area contributed by atoms with Crippen LogP contribution in [-0.2, 0) is 4.79 Å². The molecule has 1 atom stereocenters. The summed E-state index contributed by atoms with van der Waals surface area (Å²) in [5.74, 6) is 1.72. The first kappa shape index (κ1) is 16.8. The molecular formula is C19H19ClN4O2. The van der Waals surface area contributed by atoms with E-state index in [0.717, 1.165) is 30.9 Å². The van der Waals surface area contributed by atoms with Gasteiger partial charge in [0.05, 0.1) is 0 Å². The third-order valence-electron chi connectivity index (χ3n) is 4.66. The van der Waals surface area contributed by atoms with Gasteiger partial charge in [0.25, 0.3) is 5.91 Å². The number of nitrogens with zero attached hydrogens (tertiary/aromatic N) is 4. The second kappa shape index (κ2) is 7.33. The number of ether oxygens (including phenoxy) is 1. The van der Waals surface area contributed by atoms with Crippen molar-refractivity contribution < 1.29 is 9.53 Å². The number of likely N-dealkylation sites (tertiary alicyclic amines) is 1. The molecule has 6 nitrogen and oxygen atoms in total. The van der Waals surface area contributed by atoms with Crippen molar-refractivity contribution in [2.24, 2.45) is 0 Å². The van der Waals surface area contributed by atoms with Crippen LogP contribution in [0.5, 0.6) is 5.75 Å². The van der Waals surface area contributed by atoms with Gasteiger partial charge >= 0.3 is 0 Å². The molecule has 4 rings (SSSR count). The number of pyridine rings is 1. The lowest BCUT2D eigenvalue weighted by molar-refractivity contribution is -0.134. The maximum absolute atomic E-state index is 12.5. The number of carbonyl (C=O) groups excluding carboxylic acids is 1. The minimum atomic E-state index is -0.0153. The van der Waals surface area contributed by atoms with Crippen LogP contribution in [0.4, 0.5) is 0 Å². The third-order valence-corrected chi connectivity index (χ3v) is 4.91. The Kier molecular flexibility index (Phi) is 4.75. The molecule has 0 N–H and O–H groups in total. The van der Waals surface area contributed by atoms with Gasteiger partial charge in [-0.05, 0) is 49.2 Å². The molecule has 2 aromatic heterocycles. The monoisotopic (exact) mass is 370 g/mol. The Bertz CT molecular complexity index is 909. The molecule has 134 valence electrons. The summed E-state index contributed by atoms with van der Waals surface area (Å²) >= 11 is 5.86. The Labute approximate surface area is 156 Å². The minimum Gasteiger partial charge on any atom is -0.484 e. The number of aromatic nitrogens is 3. The van der Waals surface area contributed by atoms with Gasteiger partial charge in [-0.25, -0.2) is 0 Å². The summed E-state index contributed by atoms with van der Waals surface area (Å²) in [5, 5.41) is 9.21. The fraction of sp³-hybridized carbons (Fsp3) is 0.316. The first-order valence-corrected chi connectivity index (χ1v) is 9.04. The molecule has 1 aromatic carbocycles. The molecule has 7 heteroatoms. The fourth-order valence-electron chi connectivity index (χ4n) is 3.32. The lowest BCUT2D eigenvalue weighted by Crippen LogP contribution is -2.42. The first-order chi connectivity index (χ1) is 12.7. The second-order valence-electron chi connectivity index (χ2n) is 6.41. The zero-order valence-electron chi connectivity index (χ0n) is 14.2. The van der Waals surface area contributed by atoms with E-state index in [4.69, 9.17) is 16.3 Å². The highest BCUT2D eigenvalue weighted by molar-refractivity contribution is 6.30. The average molecular weight is 371 g/mol. The summed E-state index contributed by atoms with van der Waals surface area (Å²) in [5.41, 5.74) is 0.831. The molecule has 1 saturated heterocycles. The number of halogens is 1. The number of carbonyl (C=O) groups is 1. The molecule has 0 saturated carbocycles. The highest BCUT2D eigenvalue weighted by atomic mass is 35.5. The van der Waals surface area contributed by atoms with Gasteiger partial charge < -0.3 is 9.64 Å². The Morgan fingerprint density at radius 3 is 2.88 bits per heavy atom. The Morgan fingerprint density at radius 2 is 2.04 bits per heavy atom. The molecular weight excluding hydrogens is 352 g/mol. The van der Waals surface area contributed by atoms with Gasteiger partial charge in [-0.3, -0.25) is 9.20 Å². The predicted molar refractivity (Wildman–Crippen MR) is 98.5 cm³/mol. The standard InChI is InChI=1S/C19H19ClN4O2/c20-15-6-8-16(9-7-15)26-13-18(25)23-10-3-4-14(12-23)19-22-21-17-5-1-2-11-24(17)19/h1-2,5-9,11,14H,3-4,10,12-13H2/t14-/m1/s1. The number of fused-ring (bicyclic) bond motifs is 1. The van der Waals surface area contributed by atoms with Gasteiger partial charge in [0, 0.05) is 30.2 Å². The second-order valence-corrected chi connectivity index (χ2v) is 6.84. The molecule has 0 radical (unpaired) electrons. The summed E-state index contributed by atoms with van der Waals surface area (Å²) in [6.45, 7) is 1.41. The van der Waals surface area contributed by atoms with E-state index >= 15 is 0 Å². The van der Waals surface area contributed by atoms with E-state index < -0.39 is 0 Å². The highest BCUT2D eigenvalue weighted by Crippen LogP contribution is 2.26. The van der Waals surface area contributed by atoms with Gasteiger partial charge in [0.2, 0.25) is 0 Å². The number of benzene rings is 1. The number of hydrogen-bond acceptors (Lipinski definition) is 4. The molecule has 0 bridgehead atoms. The van der Waals surface area contributed by atoms with E-state index in [-0.39, 0.29) is 18.4 Å². The number of rotatable bonds is 4. The van der Waals surface area contributed by atoms with Crippen molar-refractivity contribution in [3.63, 3.8) is 0 Å². The molecule has 1 fully saturated rings. The van der Waals surface area contributed by atoms with Crippen molar-refractivity contribution >= 4 is 23.2 Å². The zero-order valence-corrected chi connectivity index (χ0v) is 15.0. The molecule has 3 heterocycles. The quantitative estimate of drug-likeness (QED) is 0.707. The van der Waals surface area contributed by atoms with E-state index in [1.54, 1.807) is 24.3 Å². The summed E-state index contributed by atoms with van der Waals surface area (Å²) in [7, 11) is 0. The van der Waals surface area contributed by atoms with Crippen LogP contribution in [0.15, 0.2) is 48.7 Å². The van der Waals surface area contributed by atoms with Gasteiger partial charge in [0.1, 0.15) is 11.6 Å². The molecule has 3 aromatic rings. The van der Waals surface area contributed by atoms with E-state index in [1.807, 2.05) is 33.7 Å². The van der Waals surface area contributed by atoms with Crippen LogP contribution in [0.1, 0.15) is 24.6 Å². The van der Waals surface area contributed by atoms with Gasteiger partial charge in [-0.15, -0.1) is 10.2 Å². The maximum atomic E-state index is 12.5. The zero-order chi connectivity index (χ0) is 17.9. The van der Waals surface area contributed by atoms with E-state index in [9.17, 15) is 4.79 Å². The van der Waals surface area contributed by atoms with Gasteiger partial charge in [-0.2, -0.15) is 0 Å². The predicted octanol–water partition coefficient (Wildman–Crippen LogP) is 3.17. The highest BCUT2D eigenvalue weighted by Gasteiger charge is 2.28. The normalized spacial score (nSPS) is 17.4. The van der Waals surface area contributed by atoms with Crippen molar-refractivity contribution in [3.8, 4) is 5.75 Å². The third kappa shape index (κ3) is 3.51. The summed E-state index contributed by atoms with van der Waals surface area (Å²) < 4.78 is 7.59. The lowest BCUT2D eigenvalue weighted by Gasteiger charge is -2.31. The lowest BCUT2D eigenvalue weighted by atomic mass is 9.97. The summed E-state index contributed by atoms with van der Waals surface area (Å²) in [4.78, 5) is 14.4. The molecule has 0 unspecified atom stereocenters. The van der Waals surface area contributed by atoms with E-state index in [0.29, 0.717) is 17.3 Å². The van der Waals surface area contributed by atoms with Crippen molar-refractivity contribution in [2.45, 2.75) is 18.8 Å². The largest absolute Gasteiger partial charge is 0.484 e. The van der Waals surface area contributed by atoms with Crippen LogP contribution >= 0.6 is 11.6 Å². The minimum absolute atomic E-state index is 0.0153. The van der Waals surface area contributed by atoms with Crippen LogP contribution in [-0.4, -0.2) is 45.1 Å². The van der Waals surface area contributed by atoms with Crippen molar-refractivity contribution in [1.29, 1.82) is 0 Å². The molecule has 1 aliphatic rings. The maximum Gasteiger partial charge on any atom is 0.260 e. The van der Waals surface area contributed by atoms with Crippen LogP contribution in [0.3, 0.4) is 0 Å². The fourth-order valence-corrected chi connectivity index (χ4v) is 3.45. The Balaban J connectivity index is 1.41. The summed E-state index contributed by atoms with van der Waals surface area (Å²) in [6, 6.07) is 12.9. The van der Waals surface area contributed by atoms with Crippen LogP contribution in [0.25, 0.3) is 5.65 Å². The molecule has 1 aliphatic heterocycles. The van der Waals surface area contributed by atoms with E-state index in [2.05, 4.69) is 10.2 Å². The van der Waals surface area contributed by atoms with E-state index in [1.165, 1.54) is 0 Å². The molecule has 26 heavy (non-hydrogen) atoms. The molecule has 1 amide bonds. The topological polar surface area (TPSA) is 59.7 Å². The average Bonchev–Trinajstić information content (AvgIpc) is 3.11. The summed E-state index contributed by atoms with van der Waals surface area (Å²) in [6.07, 6.45) is 3.91. The molecule has 0 spiro atoms. The van der Waals surface area contributed by atoms with Crippen LogP contribution < -0.4 is 4.74 Å². The van der Waals surface area contributed by atoms with Crippen molar-refractivity contribution in [3.05, 3.63) is 59.5 Å². The Morgan fingerprint density at radius 1 is 1.19 bits per heavy atom. The van der Waals surface area contributed by atoms with Gasteiger partial charge in [0.15, 0.2) is 12.3 Å². The number of piperidine rings is 1. The van der Waals surface area contributed by atoms with Gasteiger partial charge in [-0.1, -0.05) is 17.7 Å². The SMILES string of the molecule is O=C(COc1ccc(Cl)cc1)N1CCC[C@@H](c2nnc3ccccn23)C1. The number of amides is 1. The van der Waals surface area contributed by atoms with Crippen molar-refractivity contribution in [2.75, 3.05) is 19.7 Å². The molecule has 0 aliphatic carbocycles. The van der Waals surface area contributed by atoms with Crippen LogP contribution in [0.2, 0.25) is 5.02 Å². The van der Waals surface area contributed by atoms with Crippen molar-refractivity contribution in [1.82, 2.24) is 19.5 Å². The smallest absolute Gasteiger partial charge is 0.260 e. The van der Waals surface area contributed by atoms with Crippen LogP contribution in [0, 0.1) is 0 Å². The number of hydrogen-bond donors (Lipinski definition) is 0. The first-order valence-electron chi connectivity index (χ1n) is 8.66. The Hall–Kier alpha value is -2.60.